The second kappa shape index (κ2) is 14.8. The van der Waals surface area contributed by atoms with Crippen molar-refractivity contribution in [3.63, 3.8) is 0 Å². The second-order valence-electron chi connectivity index (χ2n) is 10.7. The molecule has 0 saturated heterocycles. The number of carbonyl (C=O) groups is 2. The summed E-state index contributed by atoms with van der Waals surface area (Å²) in [6.07, 6.45) is 13.3. The molecular weight excluding hydrogens is 432 g/mol. The number of carboxylic acid groups (broad SMARTS) is 1. The molecule has 0 radical (unpaired) electrons. The van der Waals surface area contributed by atoms with Gasteiger partial charge in [0.05, 0.1) is 0 Å². The first-order valence-corrected chi connectivity index (χ1v) is 16.3. The molecule has 0 heterocycles. The number of aliphatic hydroxyl groups excluding tert-OH is 1. The van der Waals surface area contributed by atoms with Gasteiger partial charge in [-0.25, -0.2) is 4.79 Å². The number of carbonyl (C=O) groups excluding carboxylic acids is 1. The van der Waals surface area contributed by atoms with E-state index < -0.39 is 25.7 Å². The molecule has 5 nitrogen and oxygen atoms in total. The largest absolute Gasteiger partial charge is 0.479 e. The minimum atomic E-state index is -1.58. The third kappa shape index (κ3) is 12.6. The molecule has 3 N–H and O–H groups in total. The Balaban J connectivity index is 2.63. The number of aliphatic carboxylic acids is 1. The molecule has 0 amide bonds. The lowest BCUT2D eigenvalue weighted by Gasteiger charge is -2.22. The molecule has 6 heteroatoms. The van der Waals surface area contributed by atoms with Crippen molar-refractivity contribution in [2.24, 2.45) is 11.8 Å². The van der Waals surface area contributed by atoms with Gasteiger partial charge < -0.3 is 15.3 Å². The van der Waals surface area contributed by atoms with Gasteiger partial charge in [-0.05, 0) is 38.0 Å². The first kappa shape index (κ1) is 29.6. The molecule has 0 aromatic carbocycles. The smallest absolute Gasteiger partial charge is 0.332 e. The molecule has 2 unspecified atom stereocenters. The molecule has 4 atom stereocenters. The van der Waals surface area contributed by atoms with E-state index in [1.54, 1.807) is 0 Å². The first-order valence-electron chi connectivity index (χ1n) is 12.8. The summed E-state index contributed by atoms with van der Waals surface area (Å²) in [6.45, 7) is 8.73. The summed E-state index contributed by atoms with van der Waals surface area (Å²) in [5.74, 6) is 2.56. The van der Waals surface area contributed by atoms with Crippen LogP contribution in [0.1, 0.15) is 90.4 Å². The Hall–Kier alpha value is -1.42. The molecule has 1 aliphatic rings. The van der Waals surface area contributed by atoms with Gasteiger partial charge in [-0.1, -0.05) is 83.2 Å². The average molecular weight is 479 g/mol. The van der Waals surface area contributed by atoms with Crippen LogP contribution in [0.2, 0.25) is 19.6 Å². The molecule has 1 aliphatic carbocycles. The van der Waals surface area contributed by atoms with Crippen LogP contribution < -0.4 is 0 Å². The lowest BCUT2D eigenvalue weighted by molar-refractivity contribution is -0.147. The maximum absolute atomic E-state index is 12.4. The van der Waals surface area contributed by atoms with E-state index in [4.69, 9.17) is 5.11 Å². The topological polar surface area (TPSA) is 94.8 Å². The molecule has 33 heavy (non-hydrogen) atoms. The Morgan fingerprint density at radius 2 is 1.88 bits per heavy atom. The summed E-state index contributed by atoms with van der Waals surface area (Å²) >= 11 is 0. The van der Waals surface area contributed by atoms with Crippen LogP contribution in [0.15, 0.2) is 12.2 Å². The fourth-order valence-electron chi connectivity index (χ4n) is 4.34. The number of allylic oxidation sites excluding steroid dienone is 1. The number of rotatable bonds is 15. The van der Waals surface area contributed by atoms with Gasteiger partial charge in [-0.2, -0.15) is 0 Å². The van der Waals surface area contributed by atoms with E-state index in [0.717, 1.165) is 44.9 Å². The monoisotopic (exact) mass is 478 g/mol. The highest BCUT2D eigenvalue weighted by Crippen LogP contribution is 2.34. The van der Waals surface area contributed by atoms with Gasteiger partial charge in [0.2, 0.25) is 0 Å². The van der Waals surface area contributed by atoms with Gasteiger partial charge in [0.25, 0.3) is 0 Å². The number of Topliss-reactive ketones (excluding diaryl/α,β-unsaturated/α-hetero) is 1. The maximum Gasteiger partial charge on any atom is 0.332 e. The quantitative estimate of drug-likeness (QED) is 0.125. The highest BCUT2D eigenvalue weighted by atomic mass is 28.3. The van der Waals surface area contributed by atoms with Crippen molar-refractivity contribution in [1.82, 2.24) is 0 Å². The summed E-state index contributed by atoms with van der Waals surface area (Å²) in [5.41, 5.74) is 2.36. The fraction of sp³-hybridized carbons (Fsp3) is 0.778. The summed E-state index contributed by atoms with van der Waals surface area (Å²) in [4.78, 5) is 23.1. The summed E-state index contributed by atoms with van der Waals surface area (Å²) in [7, 11) is -1.58. The van der Waals surface area contributed by atoms with Gasteiger partial charge in [-0.3, -0.25) is 4.79 Å². The summed E-state index contributed by atoms with van der Waals surface area (Å²) < 4.78 is 0. The minimum Gasteiger partial charge on any atom is -0.479 e. The van der Waals surface area contributed by atoms with Crippen molar-refractivity contribution in [1.29, 1.82) is 0 Å². The Labute approximate surface area is 202 Å². The van der Waals surface area contributed by atoms with Crippen molar-refractivity contribution < 1.29 is 24.9 Å². The van der Waals surface area contributed by atoms with Gasteiger partial charge in [0.1, 0.15) is 19.5 Å². The number of hydrogen-bond donors (Lipinski definition) is 3. The standard InChI is InChI=1S/C27H46O5Si/c1-5-6-7-11-18-27(32,20-21-33(2,3)4)19-12-13-22-16-17-24(28)23(22)14-9-8-10-15-25(29)26(30)31/h12-13,22-23,25,29,32H,5-11,14-19H2,1-4H3,(H,30,31)/t22-,23+,25?,27?/m0/s1. The third-order valence-corrected chi connectivity index (χ3v) is 7.26. The van der Waals surface area contributed by atoms with Crippen LogP contribution in [0.25, 0.3) is 0 Å². The van der Waals surface area contributed by atoms with Crippen molar-refractivity contribution in [2.75, 3.05) is 0 Å². The minimum absolute atomic E-state index is 0.0105. The first-order chi connectivity index (χ1) is 15.5. The van der Waals surface area contributed by atoms with Gasteiger partial charge >= 0.3 is 5.97 Å². The van der Waals surface area contributed by atoms with E-state index in [1.807, 2.05) is 6.08 Å². The molecule has 0 aromatic heterocycles. The van der Waals surface area contributed by atoms with E-state index in [0.29, 0.717) is 31.5 Å². The predicted octanol–water partition coefficient (Wildman–Crippen LogP) is 5.51. The third-order valence-electron chi connectivity index (χ3n) is 6.39. The molecule has 0 aromatic rings. The van der Waals surface area contributed by atoms with Crippen molar-refractivity contribution in [2.45, 2.75) is 122 Å². The van der Waals surface area contributed by atoms with Crippen LogP contribution in [0.5, 0.6) is 0 Å². The lowest BCUT2D eigenvalue weighted by Crippen LogP contribution is -2.28. The van der Waals surface area contributed by atoms with Gasteiger partial charge in [0.15, 0.2) is 6.10 Å². The second-order valence-corrected chi connectivity index (χ2v) is 15.5. The number of carboxylic acids is 1. The molecule has 1 rings (SSSR count). The number of unbranched alkanes of at least 4 members (excludes halogenated alkanes) is 5. The van der Waals surface area contributed by atoms with E-state index in [1.165, 1.54) is 6.42 Å². The summed E-state index contributed by atoms with van der Waals surface area (Å²) in [6, 6.07) is 0. The Morgan fingerprint density at radius 3 is 2.52 bits per heavy atom. The van der Waals surface area contributed by atoms with E-state index in [9.17, 15) is 19.8 Å². The molecule has 0 spiro atoms. The molecule has 0 aliphatic heterocycles. The van der Waals surface area contributed by atoms with Crippen LogP contribution in [-0.4, -0.2) is 46.9 Å². The Kier molecular flexibility index (Phi) is 13.2. The predicted molar refractivity (Wildman–Crippen MR) is 137 cm³/mol. The Morgan fingerprint density at radius 1 is 1.18 bits per heavy atom. The average Bonchev–Trinajstić information content (AvgIpc) is 3.08. The van der Waals surface area contributed by atoms with Crippen molar-refractivity contribution in [3.05, 3.63) is 12.2 Å². The zero-order valence-electron chi connectivity index (χ0n) is 21.2. The highest BCUT2D eigenvalue weighted by molar-refractivity contribution is 6.83. The van der Waals surface area contributed by atoms with Gasteiger partial charge in [-0.15, -0.1) is 5.54 Å². The van der Waals surface area contributed by atoms with Crippen molar-refractivity contribution >= 4 is 19.8 Å². The molecule has 0 bridgehead atoms. The molecule has 1 fully saturated rings. The number of hydrogen-bond acceptors (Lipinski definition) is 4. The van der Waals surface area contributed by atoms with E-state index >= 15 is 0 Å². The molecular formula is C27H46O5Si. The van der Waals surface area contributed by atoms with E-state index in [-0.39, 0.29) is 18.3 Å². The van der Waals surface area contributed by atoms with Crippen LogP contribution >= 0.6 is 0 Å². The Bertz CT molecular complexity index is 700. The highest BCUT2D eigenvalue weighted by Gasteiger charge is 2.32. The van der Waals surface area contributed by atoms with Crippen LogP contribution in [-0.2, 0) is 9.59 Å². The molecule has 188 valence electrons. The number of aliphatic hydroxyl groups is 2. The van der Waals surface area contributed by atoms with Gasteiger partial charge in [0, 0.05) is 18.8 Å². The lowest BCUT2D eigenvalue weighted by atomic mass is 9.88. The SMILES string of the molecule is CCCCCCC(O)(C#C[Si](C)(C)C)CC=C[C@H]1CCC(=O)[C@@H]1CCCCCC(O)C(=O)O. The normalized spacial score (nSPS) is 21.6. The number of ketones is 1. The fourth-order valence-corrected chi connectivity index (χ4v) is 4.95. The van der Waals surface area contributed by atoms with Crippen LogP contribution in [0.4, 0.5) is 0 Å². The zero-order valence-corrected chi connectivity index (χ0v) is 22.2. The van der Waals surface area contributed by atoms with Crippen molar-refractivity contribution in [3.8, 4) is 11.5 Å². The van der Waals surface area contributed by atoms with E-state index in [2.05, 4.69) is 44.1 Å². The molecule has 1 saturated carbocycles. The van der Waals surface area contributed by atoms with Crippen LogP contribution in [0.3, 0.4) is 0 Å². The summed E-state index contributed by atoms with van der Waals surface area (Å²) in [5, 5.41) is 29.3. The maximum atomic E-state index is 12.4. The zero-order chi connectivity index (χ0) is 24.9. The van der Waals surface area contributed by atoms with Crippen LogP contribution in [0, 0.1) is 23.3 Å².